The molecular weight excluding hydrogens is 424 g/mol. The number of aromatic nitrogens is 1. The Kier molecular flexibility index (Phi) is 10.9. The minimum Gasteiger partial charge on any atom is -0.508 e. The van der Waals surface area contributed by atoms with Gasteiger partial charge in [0.1, 0.15) is 11.5 Å². The summed E-state index contributed by atoms with van der Waals surface area (Å²) in [5.74, 6) is -0.315. The maximum atomic E-state index is 13.5. The van der Waals surface area contributed by atoms with Gasteiger partial charge in [-0.25, -0.2) is 0 Å². The van der Waals surface area contributed by atoms with Crippen molar-refractivity contribution in [1.82, 2.24) is 9.88 Å². The van der Waals surface area contributed by atoms with Crippen molar-refractivity contribution < 1.29 is 15.0 Å². The number of phenols is 2. The van der Waals surface area contributed by atoms with E-state index in [1.807, 2.05) is 18.2 Å². The molecule has 0 aliphatic carbocycles. The molecule has 2 N–H and O–H groups in total. The zero-order valence-electron chi connectivity index (χ0n) is 21.4. The van der Waals surface area contributed by atoms with Crippen LogP contribution in [0.4, 0.5) is 0 Å². The molecule has 0 radical (unpaired) electrons. The van der Waals surface area contributed by atoms with E-state index in [9.17, 15) is 15.0 Å². The highest BCUT2D eigenvalue weighted by molar-refractivity contribution is 5.99. The fraction of sp³-hybridized carbons (Fsp3) is 0.448. The number of aryl methyl sites for hydroxylation is 1. The fourth-order valence-electron chi connectivity index (χ4n) is 3.95. The molecule has 2 aromatic rings. The molecule has 0 aliphatic rings. The van der Waals surface area contributed by atoms with Crippen LogP contribution in [-0.2, 0) is 19.4 Å². The molecule has 1 aromatic carbocycles. The number of aromatic hydroxyl groups is 2. The van der Waals surface area contributed by atoms with Crippen LogP contribution in [0.15, 0.2) is 53.9 Å². The first-order valence-electron chi connectivity index (χ1n) is 12.2. The number of rotatable bonds is 12. The lowest BCUT2D eigenvalue weighted by atomic mass is 9.94. The van der Waals surface area contributed by atoms with Gasteiger partial charge >= 0.3 is 0 Å². The SMILES string of the molecule is CCCCCc1cc(O)c(CC=C(C)CCC=C(C)C)c(O)c1C(=O)N(C)Cc1cccnc1. The fourth-order valence-corrected chi connectivity index (χ4v) is 3.95. The quantitative estimate of drug-likeness (QED) is 0.270. The van der Waals surface area contributed by atoms with E-state index in [0.29, 0.717) is 36.1 Å². The number of carbonyl (C=O) groups is 1. The topological polar surface area (TPSA) is 73.7 Å². The Morgan fingerprint density at radius 2 is 1.91 bits per heavy atom. The highest BCUT2D eigenvalue weighted by Gasteiger charge is 2.24. The molecule has 1 amide bonds. The standard InChI is InChI=1S/C29H40N2O3/c1-6-7-8-14-24-18-26(32)25(16-15-22(4)12-9-11-21(2)3)28(33)27(24)29(34)31(5)20-23-13-10-17-30-19-23/h10-11,13,15,17-19,32-33H,6-9,12,14,16,20H2,1-5H3. The molecule has 0 saturated heterocycles. The number of pyridine rings is 1. The summed E-state index contributed by atoms with van der Waals surface area (Å²) < 4.78 is 0. The first-order chi connectivity index (χ1) is 16.2. The van der Waals surface area contributed by atoms with Gasteiger partial charge < -0.3 is 15.1 Å². The van der Waals surface area contributed by atoms with Gasteiger partial charge in [-0.3, -0.25) is 9.78 Å². The summed E-state index contributed by atoms with van der Waals surface area (Å²) in [4.78, 5) is 19.2. The van der Waals surface area contributed by atoms with E-state index in [0.717, 1.165) is 37.7 Å². The Balaban J connectivity index is 2.35. The number of amides is 1. The number of hydrogen-bond acceptors (Lipinski definition) is 4. The highest BCUT2D eigenvalue weighted by atomic mass is 16.3. The Labute approximate surface area is 204 Å². The zero-order valence-corrected chi connectivity index (χ0v) is 21.4. The van der Waals surface area contributed by atoms with Crippen molar-refractivity contribution in [3.63, 3.8) is 0 Å². The van der Waals surface area contributed by atoms with E-state index in [1.54, 1.807) is 30.4 Å². The average molecular weight is 465 g/mol. The van der Waals surface area contributed by atoms with Gasteiger partial charge in [-0.15, -0.1) is 0 Å². The third kappa shape index (κ3) is 8.05. The number of allylic oxidation sites excluding steroid dienone is 4. The number of nitrogens with zero attached hydrogens (tertiary/aromatic N) is 2. The zero-order chi connectivity index (χ0) is 25.1. The van der Waals surface area contributed by atoms with E-state index in [1.165, 1.54) is 11.1 Å². The van der Waals surface area contributed by atoms with Crippen molar-refractivity contribution in [2.45, 2.75) is 79.2 Å². The van der Waals surface area contributed by atoms with Crippen molar-refractivity contribution in [2.24, 2.45) is 0 Å². The van der Waals surface area contributed by atoms with Crippen LogP contribution in [0.1, 0.15) is 86.8 Å². The lowest BCUT2D eigenvalue weighted by molar-refractivity contribution is 0.0780. The predicted octanol–water partition coefficient (Wildman–Crippen LogP) is 6.73. The normalized spacial score (nSPS) is 11.4. The number of unbranched alkanes of at least 4 members (excludes halogenated alkanes) is 2. The molecule has 0 aliphatic heterocycles. The van der Waals surface area contributed by atoms with Gasteiger partial charge in [0.25, 0.3) is 5.91 Å². The minimum absolute atomic E-state index is 0.0452. The molecule has 0 fully saturated rings. The molecule has 1 heterocycles. The van der Waals surface area contributed by atoms with Crippen LogP contribution in [-0.4, -0.2) is 33.1 Å². The van der Waals surface area contributed by atoms with Crippen LogP contribution in [0.2, 0.25) is 0 Å². The number of phenolic OH excluding ortho intramolecular Hbond substituents is 2. The summed E-state index contributed by atoms with van der Waals surface area (Å²) in [5, 5.41) is 21.9. The first-order valence-corrected chi connectivity index (χ1v) is 12.2. The summed E-state index contributed by atoms with van der Waals surface area (Å²) in [7, 11) is 1.73. The van der Waals surface area contributed by atoms with Crippen LogP contribution in [0.25, 0.3) is 0 Å². The molecule has 5 nitrogen and oxygen atoms in total. The molecule has 0 bridgehead atoms. The number of carbonyl (C=O) groups excluding carboxylic acids is 1. The molecule has 0 saturated carbocycles. The van der Waals surface area contributed by atoms with Crippen LogP contribution in [0, 0.1) is 0 Å². The predicted molar refractivity (Wildman–Crippen MR) is 139 cm³/mol. The summed E-state index contributed by atoms with van der Waals surface area (Å²) >= 11 is 0. The third-order valence-electron chi connectivity index (χ3n) is 5.96. The second-order valence-corrected chi connectivity index (χ2v) is 9.31. The molecule has 0 spiro atoms. The lowest BCUT2D eigenvalue weighted by Gasteiger charge is -2.22. The Hall–Kier alpha value is -3.08. The second kappa shape index (κ2) is 13.6. The summed E-state index contributed by atoms with van der Waals surface area (Å²) in [6, 6.07) is 5.43. The third-order valence-corrected chi connectivity index (χ3v) is 5.96. The molecule has 0 atom stereocenters. The lowest BCUT2D eigenvalue weighted by Crippen LogP contribution is -2.27. The van der Waals surface area contributed by atoms with Crippen molar-refractivity contribution in [1.29, 1.82) is 0 Å². The van der Waals surface area contributed by atoms with Gasteiger partial charge in [-0.05, 0) is 76.1 Å². The van der Waals surface area contributed by atoms with E-state index in [2.05, 4.69) is 38.8 Å². The van der Waals surface area contributed by atoms with Gasteiger partial charge in [-0.1, -0.05) is 49.1 Å². The molecule has 184 valence electrons. The number of hydrogen-bond donors (Lipinski definition) is 2. The minimum atomic E-state index is -0.252. The molecule has 2 rings (SSSR count). The summed E-state index contributed by atoms with van der Waals surface area (Å²) in [6.07, 6.45) is 13.5. The van der Waals surface area contributed by atoms with Crippen LogP contribution in [0.3, 0.4) is 0 Å². The van der Waals surface area contributed by atoms with Gasteiger partial charge in [0, 0.05) is 31.5 Å². The highest BCUT2D eigenvalue weighted by Crippen LogP contribution is 2.36. The van der Waals surface area contributed by atoms with E-state index in [4.69, 9.17) is 0 Å². The monoisotopic (exact) mass is 464 g/mol. The van der Waals surface area contributed by atoms with Crippen molar-refractivity contribution >= 4 is 5.91 Å². The second-order valence-electron chi connectivity index (χ2n) is 9.31. The average Bonchev–Trinajstić information content (AvgIpc) is 2.79. The molecule has 34 heavy (non-hydrogen) atoms. The van der Waals surface area contributed by atoms with Crippen molar-refractivity contribution in [2.75, 3.05) is 7.05 Å². The van der Waals surface area contributed by atoms with Gasteiger partial charge in [0.15, 0.2) is 0 Å². The number of benzene rings is 1. The van der Waals surface area contributed by atoms with Crippen LogP contribution < -0.4 is 0 Å². The Bertz CT molecular complexity index is 1010. The van der Waals surface area contributed by atoms with Gasteiger partial charge in [0.05, 0.1) is 5.56 Å². The summed E-state index contributed by atoms with van der Waals surface area (Å²) in [6.45, 7) is 8.74. The van der Waals surface area contributed by atoms with E-state index >= 15 is 0 Å². The van der Waals surface area contributed by atoms with E-state index in [-0.39, 0.29) is 17.4 Å². The summed E-state index contributed by atoms with van der Waals surface area (Å²) in [5.41, 5.74) is 4.79. The molecular formula is C29H40N2O3. The van der Waals surface area contributed by atoms with Gasteiger partial charge in [0.2, 0.25) is 0 Å². The van der Waals surface area contributed by atoms with Crippen molar-refractivity contribution in [3.05, 3.63) is 76.1 Å². The maximum absolute atomic E-state index is 13.5. The van der Waals surface area contributed by atoms with E-state index < -0.39 is 0 Å². The van der Waals surface area contributed by atoms with Crippen LogP contribution in [0.5, 0.6) is 11.5 Å². The largest absolute Gasteiger partial charge is 0.508 e. The van der Waals surface area contributed by atoms with Crippen LogP contribution >= 0.6 is 0 Å². The Morgan fingerprint density at radius 3 is 2.56 bits per heavy atom. The molecule has 0 unspecified atom stereocenters. The Morgan fingerprint density at radius 1 is 1.15 bits per heavy atom. The molecule has 1 aromatic heterocycles. The smallest absolute Gasteiger partial charge is 0.257 e. The molecule has 5 heteroatoms. The maximum Gasteiger partial charge on any atom is 0.257 e. The van der Waals surface area contributed by atoms with Crippen molar-refractivity contribution in [3.8, 4) is 11.5 Å². The first kappa shape index (κ1) is 27.2. The van der Waals surface area contributed by atoms with Gasteiger partial charge in [-0.2, -0.15) is 0 Å².